The Morgan fingerprint density at radius 3 is 2.29 bits per heavy atom. The molecule has 2 amide bonds. The van der Waals surface area contributed by atoms with E-state index in [0.29, 0.717) is 23.3 Å². The van der Waals surface area contributed by atoms with Gasteiger partial charge in [0.2, 0.25) is 0 Å². The second-order valence-corrected chi connectivity index (χ2v) is 11.9. The maximum absolute atomic E-state index is 13.7. The highest BCUT2D eigenvalue weighted by Gasteiger charge is 2.34. The molecule has 3 aromatic rings. The Labute approximate surface area is 230 Å². The third-order valence-corrected chi connectivity index (χ3v) is 8.07. The Hall–Kier alpha value is -2.97. The monoisotopic (exact) mass is 538 g/mol. The number of hydrogen-bond donors (Lipinski definition) is 3. The molecule has 1 aliphatic carbocycles. The average molecular weight is 539 g/mol. The van der Waals surface area contributed by atoms with Crippen molar-refractivity contribution in [3.63, 3.8) is 0 Å². The predicted molar refractivity (Wildman–Crippen MR) is 148 cm³/mol. The van der Waals surface area contributed by atoms with E-state index < -0.39 is 6.10 Å². The highest BCUT2D eigenvalue weighted by molar-refractivity contribution is 6.30. The van der Waals surface area contributed by atoms with Crippen LogP contribution in [-0.4, -0.2) is 42.7 Å². The quantitative estimate of drug-likeness (QED) is 0.325. The molecule has 204 valence electrons. The lowest BCUT2D eigenvalue weighted by atomic mass is 9.71. The van der Waals surface area contributed by atoms with Gasteiger partial charge < -0.3 is 15.3 Å². The molecule has 0 spiro atoms. The molecule has 38 heavy (non-hydrogen) atoms. The number of aliphatic hydroxyl groups is 1. The summed E-state index contributed by atoms with van der Waals surface area (Å²) in [4.78, 5) is 15.7. The van der Waals surface area contributed by atoms with Crippen LogP contribution in [-0.2, 0) is 13.0 Å². The lowest BCUT2D eigenvalue weighted by molar-refractivity contribution is 0.103. The first-order valence-corrected chi connectivity index (χ1v) is 13.8. The summed E-state index contributed by atoms with van der Waals surface area (Å²) in [6.45, 7) is 9.43. The average Bonchev–Trinajstić information content (AvgIpc) is 3.40. The van der Waals surface area contributed by atoms with Crippen molar-refractivity contribution in [3.8, 4) is 0 Å². The fraction of sp³-hybridized carbons (Fsp3) is 0.517. The highest BCUT2D eigenvalue weighted by Crippen LogP contribution is 2.39. The minimum atomic E-state index is -0.728. The van der Waals surface area contributed by atoms with E-state index in [-0.39, 0.29) is 30.0 Å². The summed E-state index contributed by atoms with van der Waals surface area (Å²) in [6, 6.07) is 15.3. The van der Waals surface area contributed by atoms with Crippen LogP contribution in [0.15, 0.2) is 48.5 Å². The van der Waals surface area contributed by atoms with Gasteiger partial charge in [-0.2, -0.15) is 5.21 Å². The van der Waals surface area contributed by atoms with E-state index in [0.717, 1.165) is 42.4 Å². The zero-order chi connectivity index (χ0) is 27.3. The summed E-state index contributed by atoms with van der Waals surface area (Å²) in [5.74, 6) is 1.13. The summed E-state index contributed by atoms with van der Waals surface area (Å²) in [5, 5.41) is 28.2. The van der Waals surface area contributed by atoms with Crippen molar-refractivity contribution in [3.05, 3.63) is 76.1 Å². The number of halogens is 1. The number of amides is 2. The van der Waals surface area contributed by atoms with Gasteiger partial charge in [-0.15, -0.1) is 10.2 Å². The van der Waals surface area contributed by atoms with Crippen LogP contribution >= 0.6 is 11.6 Å². The van der Waals surface area contributed by atoms with Crippen molar-refractivity contribution in [1.29, 1.82) is 0 Å². The number of tetrazole rings is 1. The number of H-pyrrole nitrogens is 1. The minimum absolute atomic E-state index is 0.0622. The SMILES string of the molecule is C[C@@H](NC(=O)N(Cc1ccc([C@@H](O)Cc2nn[nH]n2)cc1)C1CCC(C(C)(C)C)CC1)c1ccc(Cl)cc1. The summed E-state index contributed by atoms with van der Waals surface area (Å²) < 4.78 is 0. The van der Waals surface area contributed by atoms with E-state index in [4.69, 9.17) is 11.6 Å². The first kappa shape index (κ1) is 28.0. The molecule has 3 N–H and O–H groups in total. The Kier molecular flexibility index (Phi) is 9.05. The number of aromatic amines is 1. The molecular formula is C29H39ClN6O2. The zero-order valence-corrected chi connectivity index (χ0v) is 23.4. The molecule has 0 aliphatic heterocycles. The standard InChI is InChI=1S/C29H39ClN6O2/c1-19(21-9-13-24(30)14-10-21)31-28(38)36(25-15-11-23(12-16-25)29(2,3)4)18-20-5-7-22(8-6-20)26(37)17-27-32-34-35-33-27/h5-10,13-14,19,23,25-26,37H,11-12,15-18H2,1-4H3,(H,31,38)(H,32,33,34,35)/t19-,23?,25?,26+/m1/s1. The number of nitrogens with zero attached hydrogens (tertiary/aromatic N) is 4. The first-order valence-electron chi connectivity index (χ1n) is 13.4. The van der Waals surface area contributed by atoms with Crippen LogP contribution in [0.2, 0.25) is 5.02 Å². The molecule has 8 nitrogen and oxygen atoms in total. The van der Waals surface area contributed by atoms with Gasteiger partial charge in [0.15, 0.2) is 5.82 Å². The zero-order valence-electron chi connectivity index (χ0n) is 22.7. The molecule has 1 heterocycles. The smallest absolute Gasteiger partial charge is 0.318 e. The third-order valence-electron chi connectivity index (χ3n) is 7.82. The molecule has 2 atom stereocenters. The molecule has 0 radical (unpaired) electrons. The van der Waals surface area contributed by atoms with Gasteiger partial charge in [0.25, 0.3) is 0 Å². The van der Waals surface area contributed by atoms with Crippen LogP contribution in [0.5, 0.6) is 0 Å². The number of aromatic nitrogens is 4. The maximum atomic E-state index is 13.7. The number of rotatable bonds is 8. The fourth-order valence-electron chi connectivity index (χ4n) is 5.32. The molecule has 4 rings (SSSR count). The molecule has 0 saturated heterocycles. The Morgan fingerprint density at radius 2 is 1.71 bits per heavy atom. The molecule has 1 fully saturated rings. The molecule has 9 heteroatoms. The van der Waals surface area contributed by atoms with Gasteiger partial charge in [-0.05, 0) is 72.8 Å². The maximum Gasteiger partial charge on any atom is 0.318 e. The molecule has 0 bridgehead atoms. The summed E-state index contributed by atoms with van der Waals surface area (Å²) >= 11 is 6.05. The normalized spacial score (nSPS) is 19.5. The number of hydrogen-bond acceptors (Lipinski definition) is 5. The van der Waals surface area contributed by atoms with Crippen molar-refractivity contribution in [2.24, 2.45) is 11.3 Å². The van der Waals surface area contributed by atoms with Gasteiger partial charge in [-0.25, -0.2) is 4.79 Å². The fourth-order valence-corrected chi connectivity index (χ4v) is 5.45. The van der Waals surface area contributed by atoms with Crippen molar-refractivity contribution in [1.82, 2.24) is 30.8 Å². The van der Waals surface area contributed by atoms with Crippen molar-refractivity contribution < 1.29 is 9.90 Å². The van der Waals surface area contributed by atoms with E-state index in [9.17, 15) is 9.90 Å². The van der Waals surface area contributed by atoms with E-state index >= 15 is 0 Å². The number of urea groups is 1. The van der Waals surface area contributed by atoms with Crippen LogP contribution in [0, 0.1) is 11.3 Å². The second kappa shape index (κ2) is 12.3. The second-order valence-electron chi connectivity index (χ2n) is 11.5. The number of carbonyl (C=O) groups excluding carboxylic acids is 1. The largest absolute Gasteiger partial charge is 0.388 e. The molecular weight excluding hydrogens is 500 g/mol. The number of aliphatic hydroxyl groups excluding tert-OH is 1. The van der Waals surface area contributed by atoms with E-state index in [2.05, 4.69) is 46.7 Å². The molecule has 0 unspecified atom stereocenters. The van der Waals surface area contributed by atoms with Crippen LogP contribution in [0.1, 0.15) is 88.0 Å². The predicted octanol–water partition coefficient (Wildman–Crippen LogP) is 6.01. The molecule has 1 saturated carbocycles. The lowest BCUT2D eigenvalue weighted by Gasteiger charge is -2.41. The number of benzene rings is 2. The van der Waals surface area contributed by atoms with Crippen LogP contribution in [0.3, 0.4) is 0 Å². The summed E-state index contributed by atoms with van der Waals surface area (Å²) in [7, 11) is 0. The van der Waals surface area contributed by atoms with Gasteiger partial charge >= 0.3 is 6.03 Å². The summed E-state index contributed by atoms with van der Waals surface area (Å²) in [6.07, 6.45) is 3.77. The molecule has 2 aromatic carbocycles. The van der Waals surface area contributed by atoms with Crippen LogP contribution in [0.25, 0.3) is 0 Å². The van der Waals surface area contributed by atoms with Crippen molar-refractivity contribution in [2.45, 2.75) is 84.5 Å². The van der Waals surface area contributed by atoms with E-state index in [1.54, 1.807) is 0 Å². The Bertz CT molecular complexity index is 1150. The van der Waals surface area contributed by atoms with Gasteiger partial charge in [0.1, 0.15) is 0 Å². The minimum Gasteiger partial charge on any atom is -0.388 e. The third kappa shape index (κ3) is 7.32. The lowest BCUT2D eigenvalue weighted by Crippen LogP contribution is -2.48. The molecule has 1 aliphatic rings. The number of nitrogens with one attached hydrogen (secondary N) is 2. The van der Waals surface area contributed by atoms with Gasteiger partial charge in [-0.1, -0.05) is 74.0 Å². The van der Waals surface area contributed by atoms with Crippen molar-refractivity contribution in [2.75, 3.05) is 0 Å². The van der Waals surface area contributed by atoms with Crippen molar-refractivity contribution >= 4 is 17.6 Å². The first-order chi connectivity index (χ1) is 18.1. The van der Waals surface area contributed by atoms with E-state index in [1.807, 2.05) is 60.4 Å². The number of carbonyl (C=O) groups is 1. The van der Waals surface area contributed by atoms with Gasteiger partial charge in [0, 0.05) is 24.0 Å². The highest BCUT2D eigenvalue weighted by atomic mass is 35.5. The van der Waals surface area contributed by atoms with Gasteiger partial charge in [0.05, 0.1) is 12.1 Å². The topological polar surface area (TPSA) is 107 Å². The Morgan fingerprint density at radius 1 is 1.08 bits per heavy atom. The van der Waals surface area contributed by atoms with E-state index in [1.165, 1.54) is 0 Å². The van der Waals surface area contributed by atoms with Crippen LogP contribution in [0.4, 0.5) is 4.79 Å². The molecule has 1 aromatic heterocycles. The van der Waals surface area contributed by atoms with Gasteiger partial charge in [-0.3, -0.25) is 0 Å². The van der Waals surface area contributed by atoms with Crippen LogP contribution < -0.4 is 5.32 Å². The Balaban J connectivity index is 1.47. The summed E-state index contributed by atoms with van der Waals surface area (Å²) in [5.41, 5.74) is 3.09.